The van der Waals surface area contributed by atoms with E-state index in [1.807, 2.05) is 0 Å². The molecule has 2 heterocycles. The molecule has 6 heteroatoms. The summed E-state index contributed by atoms with van der Waals surface area (Å²) in [7, 11) is 0. The van der Waals surface area contributed by atoms with Crippen LogP contribution in [0, 0.1) is 17.9 Å². The van der Waals surface area contributed by atoms with Crippen LogP contribution in [-0.2, 0) is 25.8 Å². The van der Waals surface area contributed by atoms with Crippen molar-refractivity contribution in [1.29, 1.82) is 0 Å². The zero-order valence-corrected chi connectivity index (χ0v) is 22.9. The summed E-state index contributed by atoms with van der Waals surface area (Å²) < 4.78 is 5.90. The van der Waals surface area contributed by atoms with Crippen LogP contribution in [0.2, 0.25) is 0 Å². The van der Waals surface area contributed by atoms with Gasteiger partial charge in [0.05, 0.1) is 12.1 Å². The molecule has 3 aliphatic rings. The van der Waals surface area contributed by atoms with Gasteiger partial charge in [0.1, 0.15) is 12.4 Å². The summed E-state index contributed by atoms with van der Waals surface area (Å²) in [5, 5.41) is 0. The summed E-state index contributed by atoms with van der Waals surface area (Å²) >= 11 is 0. The second kappa shape index (κ2) is 11.4. The predicted octanol–water partition coefficient (Wildman–Crippen LogP) is 1.71. The normalized spacial score (nSPS) is 24.3. The average Bonchev–Trinajstić information content (AvgIpc) is 3.37. The van der Waals surface area contributed by atoms with Crippen LogP contribution in [-0.4, -0.2) is 47.9 Å². The Kier molecular flexibility index (Phi) is 9.86. The quantitative estimate of drug-likeness (QED) is 0.439. The minimum atomic E-state index is 0. The number of halogens is 1. The molecule has 4 nitrogen and oxygen atoms in total. The van der Waals surface area contributed by atoms with Crippen LogP contribution in [0.5, 0.6) is 0 Å². The molecule has 2 aliphatic heterocycles. The molecule has 0 spiro atoms. The largest absolute Gasteiger partial charge is 1.00 e. The average molecular weight is 703 g/mol. The summed E-state index contributed by atoms with van der Waals surface area (Å²) in [4.78, 5) is 12.5. The van der Waals surface area contributed by atoms with E-state index >= 15 is 0 Å². The first-order valence-electron chi connectivity index (χ1n) is 11.1. The maximum atomic E-state index is 5.90. The van der Waals surface area contributed by atoms with E-state index < -0.39 is 0 Å². The minimum Gasteiger partial charge on any atom is -1.00 e. The van der Waals surface area contributed by atoms with Crippen LogP contribution < -0.4 is 24.0 Å². The summed E-state index contributed by atoms with van der Waals surface area (Å²) in [6.07, 6.45) is 6.63. The first-order chi connectivity index (χ1) is 13.5. The molecule has 0 saturated heterocycles. The van der Waals surface area contributed by atoms with Crippen molar-refractivity contribution in [1.82, 2.24) is 4.90 Å². The van der Waals surface area contributed by atoms with Gasteiger partial charge >= 0.3 is 0 Å². The molecule has 0 aromatic heterocycles. The SMILES string of the molecule is CC(C)[C@H]1COC(c2[c]c(C3=N[C@@H](C(C)C)CN3C3CCCCC3)ccc2)=N1.[I-].[Pt]. The topological polar surface area (TPSA) is 37.2 Å². The Morgan fingerprint density at radius 2 is 1.63 bits per heavy atom. The van der Waals surface area contributed by atoms with E-state index in [1.165, 1.54) is 32.1 Å². The first-order valence-corrected chi connectivity index (χ1v) is 11.1. The van der Waals surface area contributed by atoms with Crippen LogP contribution in [0.4, 0.5) is 0 Å². The van der Waals surface area contributed by atoms with E-state index in [0.29, 0.717) is 30.5 Å². The molecule has 0 N–H and O–H groups in total. The van der Waals surface area contributed by atoms with Crippen LogP contribution >= 0.6 is 0 Å². The van der Waals surface area contributed by atoms with Crippen LogP contribution in [0.15, 0.2) is 28.2 Å². The number of ether oxygens (including phenoxy) is 1. The molecule has 30 heavy (non-hydrogen) atoms. The molecular formula is C24H34IN3OPt-. The van der Waals surface area contributed by atoms with E-state index in [9.17, 15) is 0 Å². The molecular weight excluding hydrogens is 668 g/mol. The van der Waals surface area contributed by atoms with Gasteiger partial charge in [-0.3, -0.25) is 4.99 Å². The fourth-order valence-electron chi connectivity index (χ4n) is 4.46. The van der Waals surface area contributed by atoms with Crippen molar-refractivity contribution >= 4 is 11.7 Å². The Labute approximate surface area is 213 Å². The van der Waals surface area contributed by atoms with E-state index in [1.54, 1.807) is 0 Å². The van der Waals surface area contributed by atoms with Gasteiger partial charge < -0.3 is 33.6 Å². The number of aliphatic imine (C=N–C) groups is 2. The van der Waals surface area contributed by atoms with Gasteiger partial charge in [0, 0.05) is 50.8 Å². The first kappa shape index (κ1) is 25.8. The molecule has 0 amide bonds. The Morgan fingerprint density at radius 3 is 2.27 bits per heavy atom. The number of rotatable bonds is 5. The molecule has 1 aromatic rings. The zero-order chi connectivity index (χ0) is 19.7. The van der Waals surface area contributed by atoms with Gasteiger partial charge in [-0.2, -0.15) is 0 Å². The predicted molar refractivity (Wildman–Crippen MR) is 115 cm³/mol. The Morgan fingerprint density at radius 1 is 0.967 bits per heavy atom. The molecule has 169 valence electrons. The van der Waals surface area contributed by atoms with Crippen molar-refractivity contribution < 1.29 is 49.8 Å². The third-order valence-corrected chi connectivity index (χ3v) is 6.44. The van der Waals surface area contributed by atoms with Crippen molar-refractivity contribution in [2.45, 2.75) is 77.9 Å². The molecule has 0 unspecified atom stereocenters. The summed E-state index contributed by atoms with van der Waals surface area (Å²) in [6.45, 7) is 10.7. The van der Waals surface area contributed by atoms with Gasteiger partial charge in [-0.1, -0.05) is 59.1 Å². The molecule has 1 fully saturated rings. The number of hydrogen-bond acceptors (Lipinski definition) is 4. The fraction of sp³-hybridized carbons (Fsp3) is 0.667. The number of benzene rings is 1. The molecule has 1 saturated carbocycles. The Hall–Kier alpha value is -0.422. The monoisotopic (exact) mass is 702 g/mol. The second-order valence-electron chi connectivity index (χ2n) is 9.24. The zero-order valence-electron chi connectivity index (χ0n) is 18.5. The maximum absolute atomic E-state index is 5.90. The van der Waals surface area contributed by atoms with E-state index in [0.717, 1.165) is 29.4 Å². The maximum Gasteiger partial charge on any atom is 0.217 e. The molecule has 1 aliphatic carbocycles. The van der Waals surface area contributed by atoms with Gasteiger partial charge in [-0.25, -0.2) is 4.99 Å². The summed E-state index contributed by atoms with van der Waals surface area (Å²) in [6, 6.07) is 11.1. The molecule has 4 rings (SSSR count). The van der Waals surface area contributed by atoms with Gasteiger partial charge in [0.15, 0.2) is 0 Å². The van der Waals surface area contributed by atoms with Crippen LogP contribution in [0.3, 0.4) is 0 Å². The van der Waals surface area contributed by atoms with Crippen molar-refractivity contribution in [2.75, 3.05) is 13.2 Å². The van der Waals surface area contributed by atoms with Crippen molar-refractivity contribution in [3.05, 3.63) is 35.4 Å². The molecule has 1 aromatic carbocycles. The van der Waals surface area contributed by atoms with E-state index in [-0.39, 0.29) is 51.1 Å². The number of hydrogen-bond donors (Lipinski definition) is 0. The third-order valence-electron chi connectivity index (χ3n) is 6.44. The number of amidine groups is 1. The minimum absolute atomic E-state index is 0. The Bertz CT molecular complexity index is 759. The summed E-state index contributed by atoms with van der Waals surface area (Å²) in [5.74, 6) is 2.92. The van der Waals surface area contributed by atoms with E-state index in [4.69, 9.17) is 14.7 Å². The molecule has 1 radical (unpaired) electrons. The Balaban J connectivity index is 0.00000160. The van der Waals surface area contributed by atoms with Gasteiger partial charge in [0.2, 0.25) is 5.90 Å². The van der Waals surface area contributed by atoms with Crippen molar-refractivity contribution in [3.63, 3.8) is 0 Å². The van der Waals surface area contributed by atoms with Gasteiger partial charge in [0.25, 0.3) is 0 Å². The summed E-state index contributed by atoms with van der Waals surface area (Å²) in [5.41, 5.74) is 2.05. The van der Waals surface area contributed by atoms with Crippen LogP contribution in [0.1, 0.15) is 70.9 Å². The van der Waals surface area contributed by atoms with Crippen molar-refractivity contribution in [3.8, 4) is 0 Å². The second-order valence-corrected chi connectivity index (χ2v) is 9.24. The number of nitrogens with zero attached hydrogens (tertiary/aromatic N) is 3. The van der Waals surface area contributed by atoms with E-state index in [2.05, 4.69) is 56.9 Å². The fourth-order valence-corrected chi connectivity index (χ4v) is 4.46. The third kappa shape index (κ3) is 5.68. The standard InChI is InChI=1S/C24H34N3O.HI.Pt/c1-16(2)21-14-27(20-11-6-5-7-12-20)23(25-21)18-9-8-10-19(13-18)24-26-22(15-28-24)17(3)4;;/h8-10,16-17,20-22H,5-7,11-12,14-15H2,1-4H3;1H;/p-1/t21-,22-;;/m1../s1. The van der Waals surface area contributed by atoms with Crippen molar-refractivity contribution in [2.24, 2.45) is 21.8 Å². The van der Waals surface area contributed by atoms with Gasteiger partial charge in [-0.05, 0) is 30.7 Å². The smallest absolute Gasteiger partial charge is 0.217 e. The van der Waals surface area contributed by atoms with Gasteiger partial charge in [-0.15, -0.1) is 0 Å². The van der Waals surface area contributed by atoms with Crippen LogP contribution in [0.25, 0.3) is 0 Å². The molecule has 0 bridgehead atoms. The molecule has 2 atom stereocenters.